The van der Waals surface area contributed by atoms with Crippen LogP contribution >= 0.6 is 0 Å². The number of nitrogens with one attached hydrogen (secondary N) is 2. The van der Waals surface area contributed by atoms with E-state index in [4.69, 9.17) is 4.74 Å². The first-order valence-electron chi connectivity index (χ1n) is 7.91. The van der Waals surface area contributed by atoms with Gasteiger partial charge in [0.15, 0.2) is 0 Å². The van der Waals surface area contributed by atoms with E-state index in [9.17, 15) is 0 Å². The smallest absolute Gasteiger partial charge is 0.141 e. The zero-order valence-corrected chi connectivity index (χ0v) is 13.3. The summed E-state index contributed by atoms with van der Waals surface area (Å²) in [7, 11) is 1.71. The highest BCUT2D eigenvalue weighted by atomic mass is 16.5. The Bertz CT molecular complexity index is 610. The van der Waals surface area contributed by atoms with E-state index >= 15 is 0 Å². The van der Waals surface area contributed by atoms with Gasteiger partial charge in [-0.3, -0.25) is 0 Å². The van der Waals surface area contributed by atoms with Gasteiger partial charge in [0.25, 0.3) is 0 Å². The zero-order chi connectivity index (χ0) is 15.4. The van der Waals surface area contributed by atoms with Crippen molar-refractivity contribution in [2.45, 2.75) is 31.3 Å². The fraction of sp³-hybridized carbons (Fsp3) is 0.368. The Morgan fingerprint density at radius 1 is 1.05 bits per heavy atom. The molecule has 0 amide bonds. The van der Waals surface area contributed by atoms with Crippen LogP contribution in [0.4, 0.5) is 5.69 Å². The third kappa shape index (κ3) is 3.42. The van der Waals surface area contributed by atoms with Crippen LogP contribution in [0.15, 0.2) is 54.6 Å². The Morgan fingerprint density at radius 2 is 1.73 bits per heavy atom. The fourth-order valence-electron chi connectivity index (χ4n) is 2.78. The maximum Gasteiger partial charge on any atom is 0.141 e. The molecule has 1 aliphatic carbocycles. The van der Waals surface area contributed by atoms with E-state index in [1.54, 1.807) is 7.11 Å². The summed E-state index contributed by atoms with van der Waals surface area (Å²) in [6.07, 6.45) is 2.55. The normalized spacial score (nSPS) is 16.8. The molecule has 0 aromatic heterocycles. The third-order valence-corrected chi connectivity index (χ3v) is 4.25. The summed E-state index contributed by atoms with van der Waals surface area (Å²) in [5, 5.41) is 7.34. The van der Waals surface area contributed by atoms with Gasteiger partial charge < -0.3 is 15.4 Å². The number of hydrogen-bond donors (Lipinski definition) is 2. The van der Waals surface area contributed by atoms with Crippen molar-refractivity contribution in [1.82, 2.24) is 5.32 Å². The summed E-state index contributed by atoms with van der Waals surface area (Å²) in [4.78, 5) is 0. The van der Waals surface area contributed by atoms with Gasteiger partial charge in [-0.2, -0.15) is 0 Å². The van der Waals surface area contributed by atoms with Crippen molar-refractivity contribution in [3.8, 4) is 5.75 Å². The third-order valence-electron chi connectivity index (χ3n) is 4.25. The van der Waals surface area contributed by atoms with Crippen LogP contribution in [0.5, 0.6) is 5.75 Å². The number of para-hydroxylation sites is 2. The Labute approximate surface area is 132 Å². The predicted molar refractivity (Wildman–Crippen MR) is 91.4 cm³/mol. The number of hydrogen-bond acceptors (Lipinski definition) is 3. The van der Waals surface area contributed by atoms with Crippen molar-refractivity contribution in [1.29, 1.82) is 0 Å². The minimum absolute atomic E-state index is 0.0940. The molecule has 3 heteroatoms. The molecule has 3 nitrogen and oxygen atoms in total. The van der Waals surface area contributed by atoms with Crippen molar-refractivity contribution >= 4 is 5.69 Å². The van der Waals surface area contributed by atoms with Crippen LogP contribution in [0.25, 0.3) is 0 Å². The average molecular weight is 296 g/mol. The van der Waals surface area contributed by atoms with E-state index < -0.39 is 0 Å². The second-order valence-electron chi connectivity index (χ2n) is 6.17. The molecule has 2 N–H and O–H groups in total. The predicted octanol–water partition coefficient (Wildman–Crippen LogP) is 3.77. The van der Waals surface area contributed by atoms with Gasteiger partial charge in [-0.15, -0.1) is 0 Å². The first-order chi connectivity index (χ1) is 10.7. The second-order valence-corrected chi connectivity index (χ2v) is 6.17. The first-order valence-corrected chi connectivity index (χ1v) is 7.91. The number of methoxy groups -OCH3 is 1. The highest BCUT2D eigenvalue weighted by Gasteiger charge is 2.33. The number of anilines is 1. The van der Waals surface area contributed by atoms with Crippen molar-refractivity contribution < 1.29 is 4.74 Å². The van der Waals surface area contributed by atoms with E-state index in [0.29, 0.717) is 6.04 Å². The van der Waals surface area contributed by atoms with E-state index in [-0.39, 0.29) is 5.54 Å². The topological polar surface area (TPSA) is 33.3 Å². The lowest BCUT2D eigenvalue weighted by atomic mass is 9.91. The lowest BCUT2D eigenvalue weighted by Gasteiger charge is -2.33. The van der Waals surface area contributed by atoms with Gasteiger partial charge in [0.05, 0.1) is 18.3 Å². The molecule has 22 heavy (non-hydrogen) atoms. The van der Waals surface area contributed by atoms with E-state index in [1.807, 2.05) is 18.2 Å². The lowest BCUT2D eigenvalue weighted by molar-refractivity contribution is 0.380. The molecule has 1 aliphatic rings. The molecule has 116 valence electrons. The Hall–Kier alpha value is -2.00. The molecule has 3 rings (SSSR count). The molecule has 2 aromatic carbocycles. The molecule has 0 aliphatic heterocycles. The molecular formula is C19H24N2O. The Balaban J connectivity index is 1.78. The highest BCUT2D eigenvalue weighted by molar-refractivity contribution is 5.56. The lowest BCUT2D eigenvalue weighted by Crippen LogP contribution is -2.46. The van der Waals surface area contributed by atoms with E-state index in [0.717, 1.165) is 18.0 Å². The van der Waals surface area contributed by atoms with Gasteiger partial charge in [0.2, 0.25) is 0 Å². The van der Waals surface area contributed by atoms with Gasteiger partial charge >= 0.3 is 0 Å². The van der Waals surface area contributed by atoms with Gasteiger partial charge in [-0.25, -0.2) is 0 Å². The summed E-state index contributed by atoms with van der Waals surface area (Å²) in [6, 6.07) is 19.4. The molecule has 1 saturated carbocycles. The summed E-state index contributed by atoms with van der Waals surface area (Å²) in [5.41, 5.74) is 2.25. The number of ether oxygens (including phenoxy) is 1. The summed E-state index contributed by atoms with van der Waals surface area (Å²) in [6.45, 7) is 3.08. The van der Waals surface area contributed by atoms with E-state index in [2.05, 4.69) is 54.0 Å². The summed E-state index contributed by atoms with van der Waals surface area (Å²) >= 11 is 0. The molecule has 0 heterocycles. The fourth-order valence-corrected chi connectivity index (χ4v) is 2.78. The summed E-state index contributed by atoms with van der Waals surface area (Å²) in [5.74, 6) is 0.879. The highest BCUT2D eigenvalue weighted by Crippen LogP contribution is 2.30. The van der Waals surface area contributed by atoms with Gasteiger partial charge in [0.1, 0.15) is 5.75 Å². The molecule has 0 bridgehead atoms. The van der Waals surface area contributed by atoms with Crippen molar-refractivity contribution in [2.24, 2.45) is 0 Å². The standard InChI is InChI=1S/C19H24N2O/c1-19(21-16-12-13-16,15-8-4-3-5-9-15)14-20-17-10-6-7-11-18(17)22-2/h3-11,16,20-21H,12-14H2,1-2H3. The van der Waals surface area contributed by atoms with Crippen LogP contribution in [0, 0.1) is 0 Å². The first kappa shape index (κ1) is 14.9. The maximum atomic E-state index is 5.43. The van der Waals surface area contributed by atoms with Crippen LogP contribution < -0.4 is 15.4 Å². The van der Waals surface area contributed by atoms with E-state index in [1.165, 1.54) is 18.4 Å². The SMILES string of the molecule is COc1ccccc1NCC(C)(NC1CC1)c1ccccc1. The second kappa shape index (κ2) is 6.41. The Kier molecular flexibility index (Phi) is 4.34. The molecule has 1 fully saturated rings. The van der Waals surface area contributed by atoms with Crippen LogP contribution in [-0.2, 0) is 5.54 Å². The van der Waals surface area contributed by atoms with Crippen LogP contribution in [-0.4, -0.2) is 19.7 Å². The van der Waals surface area contributed by atoms with Crippen LogP contribution in [0.1, 0.15) is 25.3 Å². The largest absolute Gasteiger partial charge is 0.495 e. The van der Waals surface area contributed by atoms with Crippen LogP contribution in [0.3, 0.4) is 0 Å². The van der Waals surface area contributed by atoms with Gasteiger partial charge in [-0.1, -0.05) is 42.5 Å². The minimum Gasteiger partial charge on any atom is -0.495 e. The molecule has 0 spiro atoms. The monoisotopic (exact) mass is 296 g/mol. The van der Waals surface area contributed by atoms with Crippen molar-refractivity contribution in [2.75, 3.05) is 19.0 Å². The quantitative estimate of drug-likeness (QED) is 0.816. The molecule has 1 atom stereocenters. The van der Waals surface area contributed by atoms with Gasteiger partial charge in [0, 0.05) is 12.6 Å². The molecule has 1 unspecified atom stereocenters. The zero-order valence-electron chi connectivity index (χ0n) is 13.3. The maximum absolute atomic E-state index is 5.43. The molecule has 0 saturated heterocycles. The molecule has 0 radical (unpaired) electrons. The minimum atomic E-state index is -0.0940. The number of rotatable bonds is 7. The molecule has 2 aromatic rings. The van der Waals surface area contributed by atoms with Crippen molar-refractivity contribution in [3.05, 3.63) is 60.2 Å². The Morgan fingerprint density at radius 3 is 2.41 bits per heavy atom. The van der Waals surface area contributed by atoms with Crippen molar-refractivity contribution in [3.63, 3.8) is 0 Å². The molecular weight excluding hydrogens is 272 g/mol. The average Bonchev–Trinajstić information content (AvgIpc) is 3.38. The van der Waals surface area contributed by atoms with Crippen LogP contribution in [0.2, 0.25) is 0 Å². The number of benzene rings is 2. The summed E-state index contributed by atoms with van der Waals surface area (Å²) < 4.78 is 5.43. The van der Waals surface area contributed by atoms with Gasteiger partial charge in [-0.05, 0) is 37.5 Å².